The minimum Gasteiger partial charge on any atom is -0.477 e. The number of pyridine rings is 1. The van der Waals surface area contributed by atoms with Crippen LogP contribution in [0.25, 0.3) is 22.6 Å². The van der Waals surface area contributed by atoms with E-state index in [4.69, 9.17) is 4.52 Å². The summed E-state index contributed by atoms with van der Waals surface area (Å²) < 4.78 is 5.27. The molecule has 21 heavy (non-hydrogen) atoms. The smallest absolute Gasteiger partial charge is 0.342 e. The third kappa shape index (κ3) is 2.41. The van der Waals surface area contributed by atoms with E-state index < -0.39 is 5.97 Å². The average molecular weight is 280 g/mol. The number of hydrogen-bond acceptors (Lipinski definition) is 4. The molecule has 0 unspecified atom stereocenters. The van der Waals surface area contributed by atoms with Crippen molar-refractivity contribution in [3.63, 3.8) is 0 Å². The Kier molecular flexibility index (Phi) is 3.23. The van der Waals surface area contributed by atoms with Crippen LogP contribution in [0.15, 0.2) is 53.2 Å². The van der Waals surface area contributed by atoms with Crippen LogP contribution >= 0.6 is 0 Å². The molecule has 3 rings (SSSR count). The largest absolute Gasteiger partial charge is 0.477 e. The fourth-order valence-corrected chi connectivity index (χ4v) is 2.08. The Morgan fingerprint density at radius 2 is 1.86 bits per heavy atom. The molecule has 5 nitrogen and oxygen atoms in total. The van der Waals surface area contributed by atoms with Gasteiger partial charge in [-0.3, -0.25) is 4.98 Å². The molecule has 0 amide bonds. The van der Waals surface area contributed by atoms with Crippen LogP contribution in [0.2, 0.25) is 0 Å². The Balaban J connectivity index is 2.17. The third-order valence-corrected chi connectivity index (χ3v) is 3.13. The van der Waals surface area contributed by atoms with Crippen molar-refractivity contribution >= 4 is 5.97 Å². The third-order valence-electron chi connectivity index (χ3n) is 3.13. The lowest BCUT2D eigenvalue weighted by Gasteiger charge is -2.00. The Bertz CT molecular complexity index is 777. The first-order chi connectivity index (χ1) is 10.2. The van der Waals surface area contributed by atoms with E-state index in [1.54, 1.807) is 30.5 Å². The van der Waals surface area contributed by atoms with Crippen molar-refractivity contribution in [1.82, 2.24) is 10.1 Å². The summed E-state index contributed by atoms with van der Waals surface area (Å²) in [5.74, 6) is -0.829. The summed E-state index contributed by atoms with van der Waals surface area (Å²) >= 11 is 0. The SMILES string of the molecule is Cc1ccc(-c2noc(-c3ccccc3)c2C(=O)O)cn1. The quantitative estimate of drug-likeness (QED) is 0.795. The fourth-order valence-electron chi connectivity index (χ4n) is 2.08. The Morgan fingerprint density at radius 3 is 2.48 bits per heavy atom. The van der Waals surface area contributed by atoms with Gasteiger partial charge in [-0.15, -0.1) is 0 Å². The average Bonchev–Trinajstić information content (AvgIpc) is 2.94. The van der Waals surface area contributed by atoms with Crippen molar-refractivity contribution in [2.24, 2.45) is 0 Å². The van der Waals surface area contributed by atoms with Gasteiger partial charge in [0.2, 0.25) is 0 Å². The first-order valence-corrected chi connectivity index (χ1v) is 6.38. The molecule has 104 valence electrons. The van der Waals surface area contributed by atoms with Gasteiger partial charge in [-0.2, -0.15) is 0 Å². The molecule has 0 radical (unpaired) electrons. The van der Waals surface area contributed by atoms with Crippen LogP contribution in [-0.2, 0) is 0 Å². The van der Waals surface area contributed by atoms with E-state index in [0.29, 0.717) is 11.1 Å². The molecule has 2 aromatic heterocycles. The van der Waals surface area contributed by atoms with E-state index in [9.17, 15) is 9.90 Å². The minimum absolute atomic E-state index is 0.0480. The molecule has 1 N–H and O–H groups in total. The van der Waals surface area contributed by atoms with E-state index in [1.807, 2.05) is 25.1 Å². The van der Waals surface area contributed by atoms with E-state index in [2.05, 4.69) is 10.1 Å². The highest BCUT2D eigenvalue weighted by Gasteiger charge is 2.24. The van der Waals surface area contributed by atoms with Crippen LogP contribution < -0.4 is 0 Å². The van der Waals surface area contributed by atoms with Gasteiger partial charge >= 0.3 is 5.97 Å². The minimum atomic E-state index is -1.08. The van der Waals surface area contributed by atoms with Crippen LogP contribution in [0.5, 0.6) is 0 Å². The van der Waals surface area contributed by atoms with Gasteiger partial charge in [-0.25, -0.2) is 4.79 Å². The number of aryl methyl sites for hydroxylation is 1. The van der Waals surface area contributed by atoms with Crippen molar-refractivity contribution in [3.8, 4) is 22.6 Å². The molecular formula is C16H12N2O3. The topological polar surface area (TPSA) is 76.2 Å². The van der Waals surface area contributed by atoms with Crippen LogP contribution in [-0.4, -0.2) is 21.2 Å². The molecule has 3 aromatic rings. The standard InChI is InChI=1S/C16H12N2O3/c1-10-7-8-12(9-17-10)14-13(16(19)20)15(21-18-14)11-5-3-2-4-6-11/h2-9H,1H3,(H,19,20). The van der Waals surface area contributed by atoms with Crippen molar-refractivity contribution in [2.75, 3.05) is 0 Å². The number of aromatic nitrogens is 2. The van der Waals surface area contributed by atoms with E-state index in [0.717, 1.165) is 5.69 Å². The molecule has 0 bridgehead atoms. The molecule has 1 aromatic carbocycles. The van der Waals surface area contributed by atoms with Gasteiger partial charge in [-0.1, -0.05) is 35.5 Å². The molecule has 5 heteroatoms. The zero-order valence-electron chi connectivity index (χ0n) is 11.3. The first-order valence-electron chi connectivity index (χ1n) is 6.38. The lowest BCUT2D eigenvalue weighted by atomic mass is 10.0. The van der Waals surface area contributed by atoms with Crippen LogP contribution in [0.3, 0.4) is 0 Å². The van der Waals surface area contributed by atoms with E-state index in [1.165, 1.54) is 0 Å². The second-order valence-electron chi connectivity index (χ2n) is 4.59. The molecular weight excluding hydrogens is 268 g/mol. The van der Waals surface area contributed by atoms with Gasteiger partial charge in [0, 0.05) is 23.0 Å². The molecule has 0 aliphatic rings. The zero-order chi connectivity index (χ0) is 14.8. The molecule has 2 heterocycles. The highest BCUT2D eigenvalue weighted by Crippen LogP contribution is 2.31. The molecule has 0 spiro atoms. The van der Waals surface area contributed by atoms with Gasteiger partial charge < -0.3 is 9.63 Å². The van der Waals surface area contributed by atoms with Crippen LogP contribution in [0, 0.1) is 6.92 Å². The predicted molar refractivity (Wildman–Crippen MR) is 76.9 cm³/mol. The molecule has 0 saturated carbocycles. The number of aromatic carboxylic acids is 1. The maximum atomic E-state index is 11.6. The first kappa shape index (κ1) is 13.1. The number of carboxylic acid groups (broad SMARTS) is 1. The summed E-state index contributed by atoms with van der Waals surface area (Å²) in [5, 5.41) is 13.4. The summed E-state index contributed by atoms with van der Waals surface area (Å²) in [6.07, 6.45) is 1.59. The Labute approximate surface area is 120 Å². The number of carbonyl (C=O) groups is 1. The van der Waals surface area contributed by atoms with Gasteiger partial charge in [0.05, 0.1) is 0 Å². The van der Waals surface area contributed by atoms with Gasteiger partial charge in [-0.05, 0) is 19.1 Å². The van der Waals surface area contributed by atoms with Gasteiger partial charge in [0.15, 0.2) is 5.76 Å². The van der Waals surface area contributed by atoms with Gasteiger partial charge in [0.1, 0.15) is 11.3 Å². The maximum Gasteiger partial charge on any atom is 0.342 e. The summed E-state index contributed by atoms with van der Waals surface area (Å²) in [6, 6.07) is 12.6. The number of nitrogens with zero attached hydrogens (tertiary/aromatic N) is 2. The Hall–Kier alpha value is -2.95. The summed E-state index contributed by atoms with van der Waals surface area (Å²) in [5.41, 5.74) is 2.47. The zero-order valence-corrected chi connectivity index (χ0v) is 11.3. The number of benzene rings is 1. The van der Waals surface area contributed by atoms with Crippen molar-refractivity contribution < 1.29 is 14.4 Å². The maximum absolute atomic E-state index is 11.6. The lowest BCUT2D eigenvalue weighted by molar-refractivity contribution is 0.0698. The second-order valence-corrected chi connectivity index (χ2v) is 4.59. The van der Waals surface area contributed by atoms with Crippen LogP contribution in [0.4, 0.5) is 0 Å². The van der Waals surface area contributed by atoms with Crippen molar-refractivity contribution in [2.45, 2.75) is 6.92 Å². The van der Waals surface area contributed by atoms with Crippen molar-refractivity contribution in [3.05, 3.63) is 59.9 Å². The highest BCUT2D eigenvalue weighted by atomic mass is 16.5. The van der Waals surface area contributed by atoms with E-state index in [-0.39, 0.29) is 17.0 Å². The highest BCUT2D eigenvalue weighted by molar-refractivity contribution is 6.00. The normalized spacial score (nSPS) is 10.5. The Morgan fingerprint density at radius 1 is 1.10 bits per heavy atom. The molecule has 0 fully saturated rings. The molecule has 0 atom stereocenters. The summed E-state index contributed by atoms with van der Waals surface area (Å²) in [6.45, 7) is 1.86. The van der Waals surface area contributed by atoms with Gasteiger partial charge in [0.25, 0.3) is 0 Å². The number of rotatable bonds is 3. The van der Waals surface area contributed by atoms with Crippen molar-refractivity contribution in [1.29, 1.82) is 0 Å². The fraction of sp³-hybridized carbons (Fsp3) is 0.0625. The van der Waals surface area contributed by atoms with E-state index >= 15 is 0 Å². The monoisotopic (exact) mass is 280 g/mol. The summed E-state index contributed by atoms with van der Waals surface area (Å²) in [7, 11) is 0. The van der Waals surface area contributed by atoms with Crippen LogP contribution in [0.1, 0.15) is 16.1 Å². The summed E-state index contributed by atoms with van der Waals surface area (Å²) in [4.78, 5) is 15.8. The molecule has 0 aliphatic heterocycles. The number of carboxylic acids is 1. The molecule has 0 saturated heterocycles. The lowest BCUT2D eigenvalue weighted by Crippen LogP contribution is -1.99. The number of hydrogen-bond donors (Lipinski definition) is 1. The molecule has 0 aliphatic carbocycles. The second kappa shape index (κ2) is 5.20. The predicted octanol–water partition coefficient (Wildman–Crippen LogP) is 3.41.